The smallest absolute Gasteiger partial charge is 0.220 e. The Morgan fingerprint density at radius 1 is 0.418 bits per heavy atom. The minimum absolute atomic E-state index is 0.0715. The standard InChI is InChI=1S/C51H97NO3/c1-3-5-7-9-11-13-15-17-19-21-23-24-25-26-27-28-29-31-33-35-37-39-41-43-45-47-51(55)52-49(48-53)50(54)46-44-42-40-38-36-34-32-30-22-20-18-16-14-12-10-8-6-4-2/h21,23,36,38,44,46,49-50,53-54H,3-20,22,24-35,37,39-43,45,47-48H2,1-2H3,(H,52,55)/b23-21-,38-36+,46-44+. The zero-order chi connectivity index (χ0) is 40.0. The maximum Gasteiger partial charge on any atom is 0.220 e. The van der Waals surface area contributed by atoms with Crippen LogP contribution >= 0.6 is 0 Å². The van der Waals surface area contributed by atoms with Gasteiger partial charge in [0.2, 0.25) is 5.91 Å². The Morgan fingerprint density at radius 3 is 1.05 bits per heavy atom. The molecule has 0 aromatic carbocycles. The van der Waals surface area contributed by atoms with E-state index >= 15 is 0 Å². The number of carbonyl (C=O) groups is 1. The molecule has 0 fully saturated rings. The zero-order valence-corrected chi connectivity index (χ0v) is 37.2. The molecule has 0 spiro atoms. The minimum Gasteiger partial charge on any atom is -0.394 e. The van der Waals surface area contributed by atoms with E-state index in [1.807, 2.05) is 6.08 Å². The fourth-order valence-corrected chi connectivity index (χ4v) is 7.54. The van der Waals surface area contributed by atoms with Crippen molar-refractivity contribution in [2.75, 3.05) is 6.61 Å². The van der Waals surface area contributed by atoms with E-state index in [4.69, 9.17) is 0 Å². The Kier molecular flexibility index (Phi) is 45.8. The molecule has 0 aliphatic carbocycles. The lowest BCUT2D eigenvalue weighted by molar-refractivity contribution is -0.123. The predicted molar refractivity (Wildman–Crippen MR) is 244 cm³/mol. The van der Waals surface area contributed by atoms with Gasteiger partial charge in [0.1, 0.15) is 0 Å². The number of aliphatic hydroxyl groups is 2. The third-order valence-electron chi connectivity index (χ3n) is 11.3. The van der Waals surface area contributed by atoms with Gasteiger partial charge in [-0.1, -0.05) is 237 Å². The molecule has 4 heteroatoms. The Balaban J connectivity index is 3.54. The third kappa shape index (κ3) is 43.6. The molecule has 0 rings (SSSR count). The molecule has 3 N–H and O–H groups in total. The highest BCUT2D eigenvalue weighted by atomic mass is 16.3. The van der Waals surface area contributed by atoms with Crippen molar-refractivity contribution in [3.05, 3.63) is 36.5 Å². The molecule has 0 radical (unpaired) electrons. The van der Waals surface area contributed by atoms with Crippen LogP contribution in [0.15, 0.2) is 36.5 Å². The van der Waals surface area contributed by atoms with E-state index in [1.54, 1.807) is 6.08 Å². The first-order valence-electron chi connectivity index (χ1n) is 24.7. The van der Waals surface area contributed by atoms with Crippen LogP contribution in [0.4, 0.5) is 0 Å². The molecule has 0 bridgehead atoms. The van der Waals surface area contributed by atoms with Gasteiger partial charge in [0.25, 0.3) is 0 Å². The van der Waals surface area contributed by atoms with E-state index in [0.29, 0.717) is 6.42 Å². The van der Waals surface area contributed by atoms with Crippen LogP contribution in [0.2, 0.25) is 0 Å². The van der Waals surface area contributed by atoms with Crippen LogP contribution in [0.5, 0.6) is 0 Å². The van der Waals surface area contributed by atoms with Crippen LogP contribution in [-0.2, 0) is 4.79 Å². The van der Waals surface area contributed by atoms with Gasteiger partial charge in [0.15, 0.2) is 0 Å². The van der Waals surface area contributed by atoms with Gasteiger partial charge in [0.05, 0.1) is 18.8 Å². The van der Waals surface area contributed by atoms with Crippen LogP contribution in [0.1, 0.15) is 264 Å². The quantitative estimate of drug-likeness (QED) is 0.0426. The van der Waals surface area contributed by atoms with Gasteiger partial charge in [0, 0.05) is 6.42 Å². The van der Waals surface area contributed by atoms with E-state index in [0.717, 1.165) is 32.1 Å². The summed E-state index contributed by atoms with van der Waals surface area (Å²) in [5.74, 6) is -0.0715. The van der Waals surface area contributed by atoms with E-state index < -0.39 is 12.1 Å². The molecule has 0 aliphatic rings. The molecule has 2 atom stereocenters. The van der Waals surface area contributed by atoms with E-state index in [9.17, 15) is 15.0 Å². The van der Waals surface area contributed by atoms with Crippen molar-refractivity contribution < 1.29 is 15.0 Å². The highest BCUT2D eigenvalue weighted by Gasteiger charge is 2.17. The number of nitrogens with one attached hydrogen (secondary N) is 1. The molecule has 55 heavy (non-hydrogen) atoms. The van der Waals surface area contributed by atoms with Gasteiger partial charge < -0.3 is 15.5 Å². The third-order valence-corrected chi connectivity index (χ3v) is 11.3. The number of allylic oxidation sites excluding steroid dienone is 5. The number of unbranched alkanes of at least 4 members (excludes halogenated alkanes) is 34. The lowest BCUT2D eigenvalue weighted by Gasteiger charge is -2.19. The Morgan fingerprint density at radius 2 is 0.709 bits per heavy atom. The number of hydrogen-bond donors (Lipinski definition) is 3. The summed E-state index contributed by atoms with van der Waals surface area (Å²) in [6, 6.07) is -0.638. The average Bonchev–Trinajstić information content (AvgIpc) is 3.19. The van der Waals surface area contributed by atoms with Crippen molar-refractivity contribution in [2.45, 2.75) is 276 Å². The van der Waals surface area contributed by atoms with Gasteiger partial charge in [-0.2, -0.15) is 0 Å². The number of rotatable bonds is 45. The van der Waals surface area contributed by atoms with Gasteiger partial charge in [-0.05, 0) is 57.8 Å². The summed E-state index contributed by atoms with van der Waals surface area (Å²) in [6.07, 6.45) is 62.8. The van der Waals surface area contributed by atoms with Crippen LogP contribution in [0.25, 0.3) is 0 Å². The molecule has 0 heterocycles. The summed E-state index contributed by atoms with van der Waals surface area (Å²) >= 11 is 0. The normalized spacial score (nSPS) is 13.2. The summed E-state index contributed by atoms with van der Waals surface area (Å²) in [7, 11) is 0. The van der Waals surface area contributed by atoms with Gasteiger partial charge >= 0.3 is 0 Å². The highest BCUT2D eigenvalue weighted by molar-refractivity contribution is 5.76. The molecule has 0 aromatic rings. The first kappa shape index (κ1) is 53.6. The Labute approximate surface area is 344 Å². The summed E-state index contributed by atoms with van der Waals surface area (Å²) in [5, 5.41) is 23.1. The van der Waals surface area contributed by atoms with Crippen molar-refractivity contribution in [3.63, 3.8) is 0 Å². The number of hydrogen-bond acceptors (Lipinski definition) is 3. The fourth-order valence-electron chi connectivity index (χ4n) is 7.54. The van der Waals surface area contributed by atoms with Crippen molar-refractivity contribution in [1.29, 1.82) is 0 Å². The molecule has 1 amide bonds. The second-order valence-corrected chi connectivity index (χ2v) is 16.9. The zero-order valence-electron chi connectivity index (χ0n) is 37.2. The summed E-state index contributed by atoms with van der Waals surface area (Å²) in [6.45, 7) is 4.31. The molecule has 4 nitrogen and oxygen atoms in total. The van der Waals surface area contributed by atoms with E-state index in [1.165, 1.54) is 212 Å². The number of aliphatic hydroxyl groups excluding tert-OH is 2. The van der Waals surface area contributed by atoms with Crippen LogP contribution in [-0.4, -0.2) is 34.9 Å². The molecule has 2 unspecified atom stereocenters. The molecule has 0 aliphatic heterocycles. The van der Waals surface area contributed by atoms with Gasteiger partial charge in [-0.25, -0.2) is 0 Å². The minimum atomic E-state index is -0.861. The van der Waals surface area contributed by atoms with Crippen molar-refractivity contribution in [1.82, 2.24) is 5.32 Å². The Bertz CT molecular complexity index is 836. The molecule has 324 valence electrons. The van der Waals surface area contributed by atoms with Gasteiger partial charge in [-0.3, -0.25) is 4.79 Å². The van der Waals surface area contributed by atoms with Gasteiger partial charge in [-0.15, -0.1) is 0 Å². The number of carbonyl (C=O) groups excluding carboxylic acids is 1. The maximum atomic E-state index is 12.4. The van der Waals surface area contributed by atoms with Crippen molar-refractivity contribution in [2.24, 2.45) is 0 Å². The first-order valence-corrected chi connectivity index (χ1v) is 24.7. The monoisotopic (exact) mass is 772 g/mol. The second-order valence-electron chi connectivity index (χ2n) is 16.9. The van der Waals surface area contributed by atoms with E-state index in [-0.39, 0.29) is 12.5 Å². The molecule has 0 saturated heterocycles. The van der Waals surface area contributed by atoms with Crippen LogP contribution in [0.3, 0.4) is 0 Å². The van der Waals surface area contributed by atoms with E-state index in [2.05, 4.69) is 43.5 Å². The van der Waals surface area contributed by atoms with Crippen LogP contribution < -0.4 is 5.32 Å². The topological polar surface area (TPSA) is 69.6 Å². The molecular formula is C51H97NO3. The van der Waals surface area contributed by atoms with Crippen LogP contribution in [0, 0.1) is 0 Å². The lowest BCUT2D eigenvalue weighted by atomic mass is 10.0. The predicted octanol–water partition coefficient (Wildman–Crippen LogP) is 15.7. The largest absolute Gasteiger partial charge is 0.394 e. The highest BCUT2D eigenvalue weighted by Crippen LogP contribution is 2.16. The maximum absolute atomic E-state index is 12.4. The number of amides is 1. The first-order chi connectivity index (χ1) is 27.2. The fraction of sp³-hybridized carbons (Fsp3) is 0.863. The Hall–Kier alpha value is -1.39. The SMILES string of the molecule is CCCCCCCCCC/C=C\CCCCCCCCCCCCCCCC(=O)NC(CO)C(O)/C=C/CC/C=C/CCCCCCCCCCCCCC. The molecule has 0 saturated carbocycles. The van der Waals surface area contributed by atoms with Crippen molar-refractivity contribution in [3.8, 4) is 0 Å². The van der Waals surface area contributed by atoms with Crippen molar-refractivity contribution >= 4 is 5.91 Å². The lowest BCUT2D eigenvalue weighted by Crippen LogP contribution is -2.45. The average molecular weight is 772 g/mol. The molecule has 0 aromatic heterocycles. The summed E-state index contributed by atoms with van der Waals surface area (Å²) in [4.78, 5) is 12.4. The molecular weight excluding hydrogens is 675 g/mol. The summed E-state index contributed by atoms with van der Waals surface area (Å²) in [5.41, 5.74) is 0. The second kappa shape index (κ2) is 47.0. The summed E-state index contributed by atoms with van der Waals surface area (Å²) < 4.78 is 0.